The van der Waals surface area contributed by atoms with Crippen LogP contribution < -0.4 is 25.4 Å². The number of likely N-dealkylation sites (tertiary alicyclic amines) is 1. The lowest BCUT2D eigenvalue weighted by atomic mass is 10.1. The first-order valence-corrected chi connectivity index (χ1v) is 14.0. The topological polar surface area (TPSA) is 105 Å². The number of carbonyl (C=O) groups excluding carboxylic acids is 1. The molecule has 2 aromatic heterocycles. The Morgan fingerprint density at radius 2 is 1.55 bits per heavy atom. The summed E-state index contributed by atoms with van der Waals surface area (Å²) >= 11 is 0. The third-order valence-corrected chi connectivity index (χ3v) is 7.11. The van der Waals surface area contributed by atoms with E-state index in [4.69, 9.17) is 14.6 Å². The lowest BCUT2D eigenvalue weighted by Gasteiger charge is -2.15. The molecule has 0 saturated carbocycles. The zero-order chi connectivity index (χ0) is 28.7. The minimum absolute atomic E-state index is 0.342. The fraction of sp³-hybridized carbons (Fsp3) is 0.219. The SMILES string of the molecule is COc1ccc(NC(=O)Nc2cccc(-c3cccc4nc(Nc5ccc(OCCN6CCCC6)cc5)nn34)c2)cc1. The molecular formula is C32H33N7O3. The quantitative estimate of drug-likeness (QED) is 0.184. The van der Waals surface area contributed by atoms with Crippen LogP contribution in [0, 0.1) is 0 Å². The van der Waals surface area contributed by atoms with Crippen molar-refractivity contribution in [2.24, 2.45) is 0 Å². The number of nitrogens with one attached hydrogen (secondary N) is 3. The highest BCUT2D eigenvalue weighted by atomic mass is 16.5. The summed E-state index contributed by atoms with van der Waals surface area (Å²) in [5.41, 5.74) is 4.61. The van der Waals surface area contributed by atoms with Crippen LogP contribution in [0.5, 0.6) is 11.5 Å². The summed E-state index contributed by atoms with van der Waals surface area (Å²) in [6, 6.07) is 28.1. The lowest BCUT2D eigenvalue weighted by Crippen LogP contribution is -2.25. The molecule has 0 atom stereocenters. The number of carbonyl (C=O) groups is 1. The fourth-order valence-corrected chi connectivity index (χ4v) is 4.96. The molecule has 6 rings (SSSR count). The highest BCUT2D eigenvalue weighted by molar-refractivity contribution is 6.00. The summed E-state index contributed by atoms with van der Waals surface area (Å²) in [5.74, 6) is 2.05. The average molecular weight is 564 g/mol. The molecule has 10 heteroatoms. The van der Waals surface area contributed by atoms with Gasteiger partial charge in [0.2, 0.25) is 5.95 Å². The molecule has 1 fully saturated rings. The Morgan fingerprint density at radius 3 is 2.33 bits per heavy atom. The van der Waals surface area contributed by atoms with Gasteiger partial charge in [-0.3, -0.25) is 4.90 Å². The fourth-order valence-electron chi connectivity index (χ4n) is 4.96. The van der Waals surface area contributed by atoms with Gasteiger partial charge in [0, 0.05) is 29.2 Å². The zero-order valence-corrected chi connectivity index (χ0v) is 23.4. The molecule has 2 amide bonds. The maximum absolute atomic E-state index is 12.6. The Bertz CT molecular complexity index is 1650. The van der Waals surface area contributed by atoms with Crippen molar-refractivity contribution in [3.8, 4) is 22.8 Å². The van der Waals surface area contributed by atoms with Crippen molar-refractivity contribution >= 4 is 34.7 Å². The predicted octanol–water partition coefficient (Wildman–Crippen LogP) is 6.27. The second-order valence-corrected chi connectivity index (χ2v) is 10.1. The first-order chi connectivity index (χ1) is 20.6. The number of anilines is 4. The van der Waals surface area contributed by atoms with Gasteiger partial charge in [-0.2, -0.15) is 4.98 Å². The molecule has 0 spiro atoms. The van der Waals surface area contributed by atoms with Crippen molar-refractivity contribution in [2.45, 2.75) is 12.8 Å². The molecule has 3 N–H and O–H groups in total. The number of fused-ring (bicyclic) bond motifs is 1. The van der Waals surface area contributed by atoms with Gasteiger partial charge < -0.3 is 25.4 Å². The molecule has 3 aromatic carbocycles. The molecule has 1 aliphatic rings. The number of urea groups is 1. The van der Waals surface area contributed by atoms with Gasteiger partial charge in [0.15, 0.2) is 5.65 Å². The number of hydrogen-bond acceptors (Lipinski definition) is 7. The van der Waals surface area contributed by atoms with E-state index in [2.05, 4.69) is 25.8 Å². The standard InChI is InChI=1S/C32H33N7O3/c1-41-27-14-10-25(11-15-27)34-32(40)35-26-7-4-6-23(22-26)29-8-5-9-30-36-31(37-39(29)30)33-24-12-16-28(17-13-24)42-21-20-38-18-2-3-19-38/h4-17,22H,2-3,18-21H2,1H3,(H,33,37)(H2,34,35,40). The van der Waals surface area contributed by atoms with Gasteiger partial charge in [-0.1, -0.05) is 18.2 Å². The number of amides is 2. The number of pyridine rings is 1. The predicted molar refractivity (Wildman–Crippen MR) is 165 cm³/mol. The van der Waals surface area contributed by atoms with Crippen LogP contribution in [-0.4, -0.2) is 58.9 Å². The van der Waals surface area contributed by atoms with Gasteiger partial charge in [0.05, 0.1) is 12.8 Å². The van der Waals surface area contributed by atoms with E-state index in [-0.39, 0.29) is 6.03 Å². The van der Waals surface area contributed by atoms with E-state index in [1.807, 2.05) is 66.7 Å². The van der Waals surface area contributed by atoms with Crippen molar-refractivity contribution in [2.75, 3.05) is 49.3 Å². The van der Waals surface area contributed by atoms with Gasteiger partial charge in [-0.25, -0.2) is 9.31 Å². The Labute approximate surface area is 244 Å². The van der Waals surface area contributed by atoms with Crippen LogP contribution in [0.3, 0.4) is 0 Å². The largest absolute Gasteiger partial charge is 0.497 e. The van der Waals surface area contributed by atoms with Crippen LogP contribution in [0.15, 0.2) is 91.0 Å². The van der Waals surface area contributed by atoms with Gasteiger partial charge >= 0.3 is 6.03 Å². The summed E-state index contributed by atoms with van der Waals surface area (Å²) in [6.07, 6.45) is 2.57. The van der Waals surface area contributed by atoms with E-state index in [9.17, 15) is 4.79 Å². The number of methoxy groups -OCH3 is 1. The third kappa shape index (κ3) is 6.61. The first kappa shape index (κ1) is 27.1. The molecule has 0 bridgehead atoms. The smallest absolute Gasteiger partial charge is 0.323 e. The van der Waals surface area contributed by atoms with E-state index in [0.29, 0.717) is 29.6 Å². The van der Waals surface area contributed by atoms with Gasteiger partial charge in [-0.15, -0.1) is 5.10 Å². The molecule has 5 aromatic rings. The number of hydrogen-bond donors (Lipinski definition) is 3. The zero-order valence-electron chi connectivity index (χ0n) is 23.4. The molecule has 0 aliphatic carbocycles. The molecule has 42 heavy (non-hydrogen) atoms. The minimum Gasteiger partial charge on any atom is -0.497 e. The van der Waals surface area contributed by atoms with Crippen molar-refractivity contribution in [1.82, 2.24) is 19.5 Å². The minimum atomic E-state index is -0.342. The number of benzene rings is 3. The molecule has 0 radical (unpaired) electrons. The van der Waals surface area contributed by atoms with Gasteiger partial charge in [0.1, 0.15) is 18.1 Å². The number of aromatic nitrogens is 3. The molecule has 0 unspecified atom stereocenters. The molecule has 3 heterocycles. The van der Waals surface area contributed by atoms with Gasteiger partial charge in [-0.05, 0) is 98.7 Å². The molecule has 214 valence electrons. The van der Waals surface area contributed by atoms with Crippen LogP contribution in [-0.2, 0) is 0 Å². The van der Waals surface area contributed by atoms with E-state index < -0.39 is 0 Å². The number of rotatable bonds is 10. The highest BCUT2D eigenvalue weighted by Gasteiger charge is 2.12. The molecule has 1 saturated heterocycles. The van der Waals surface area contributed by atoms with Crippen LogP contribution in [0.2, 0.25) is 0 Å². The van der Waals surface area contributed by atoms with E-state index in [0.717, 1.165) is 35.0 Å². The maximum atomic E-state index is 12.6. The summed E-state index contributed by atoms with van der Waals surface area (Å²) in [4.78, 5) is 19.7. The Morgan fingerprint density at radius 1 is 0.833 bits per heavy atom. The lowest BCUT2D eigenvalue weighted by molar-refractivity contribution is 0.238. The van der Waals surface area contributed by atoms with Gasteiger partial charge in [0.25, 0.3) is 0 Å². The summed E-state index contributed by atoms with van der Waals surface area (Å²) in [5, 5.41) is 13.7. The normalized spacial score (nSPS) is 13.2. The van der Waals surface area contributed by atoms with Crippen molar-refractivity contribution < 1.29 is 14.3 Å². The Balaban J connectivity index is 1.11. The van der Waals surface area contributed by atoms with Crippen molar-refractivity contribution in [3.05, 3.63) is 91.0 Å². The van der Waals surface area contributed by atoms with E-state index >= 15 is 0 Å². The monoisotopic (exact) mass is 563 g/mol. The third-order valence-electron chi connectivity index (χ3n) is 7.11. The second-order valence-electron chi connectivity index (χ2n) is 10.1. The molecule has 1 aliphatic heterocycles. The molecular weight excluding hydrogens is 530 g/mol. The van der Waals surface area contributed by atoms with Crippen LogP contribution >= 0.6 is 0 Å². The highest BCUT2D eigenvalue weighted by Crippen LogP contribution is 2.25. The van der Waals surface area contributed by atoms with E-state index in [1.54, 1.807) is 35.9 Å². The van der Waals surface area contributed by atoms with Crippen LogP contribution in [0.25, 0.3) is 16.9 Å². The van der Waals surface area contributed by atoms with Crippen molar-refractivity contribution in [3.63, 3.8) is 0 Å². The number of ether oxygens (including phenoxy) is 2. The second kappa shape index (κ2) is 12.6. The van der Waals surface area contributed by atoms with Crippen LogP contribution in [0.4, 0.5) is 27.8 Å². The Kier molecular flexibility index (Phi) is 8.14. The summed E-state index contributed by atoms with van der Waals surface area (Å²) in [7, 11) is 1.60. The van der Waals surface area contributed by atoms with Crippen molar-refractivity contribution in [1.29, 1.82) is 0 Å². The Hall–Kier alpha value is -5.09. The average Bonchev–Trinajstić information content (AvgIpc) is 3.68. The maximum Gasteiger partial charge on any atom is 0.323 e. The summed E-state index contributed by atoms with van der Waals surface area (Å²) in [6.45, 7) is 3.99. The van der Waals surface area contributed by atoms with E-state index in [1.165, 1.54) is 25.9 Å². The summed E-state index contributed by atoms with van der Waals surface area (Å²) < 4.78 is 12.9. The first-order valence-electron chi connectivity index (χ1n) is 14.0. The van der Waals surface area contributed by atoms with Crippen LogP contribution in [0.1, 0.15) is 12.8 Å². The number of nitrogens with zero attached hydrogens (tertiary/aromatic N) is 4. The molecule has 10 nitrogen and oxygen atoms in total.